The lowest BCUT2D eigenvalue weighted by molar-refractivity contribution is 0.760. The lowest BCUT2D eigenvalue weighted by Gasteiger charge is -2.40. The standard InChI is InChI=1S/C25H13Br4N/c26-13-1-5-17-18-6-2-14(27)10-20(18)25(19(17)9-13)21-11-15(28)3-7-23(21)30-24-8-4-16(29)12-22(24)25/h1-12,30H. The molecule has 146 valence electrons. The third kappa shape index (κ3) is 2.56. The van der Waals surface area contributed by atoms with Gasteiger partial charge in [-0.3, -0.25) is 0 Å². The van der Waals surface area contributed by atoms with E-state index in [0.29, 0.717) is 0 Å². The number of anilines is 2. The van der Waals surface area contributed by atoms with Crippen molar-refractivity contribution in [1.82, 2.24) is 0 Å². The van der Waals surface area contributed by atoms with Gasteiger partial charge in [0.05, 0.1) is 5.41 Å². The molecule has 30 heavy (non-hydrogen) atoms. The van der Waals surface area contributed by atoms with Crippen LogP contribution in [0.2, 0.25) is 0 Å². The Bertz CT molecular complexity index is 1270. The summed E-state index contributed by atoms with van der Waals surface area (Å²) in [7, 11) is 0. The van der Waals surface area contributed by atoms with Gasteiger partial charge in [0.2, 0.25) is 0 Å². The average Bonchev–Trinajstić information content (AvgIpc) is 2.99. The molecule has 0 atom stereocenters. The zero-order valence-corrected chi connectivity index (χ0v) is 21.8. The van der Waals surface area contributed by atoms with Crippen molar-refractivity contribution in [3.63, 3.8) is 0 Å². The zero-order valence-electron chi connectivity index (χ0n) is 15.4. The number of halogens is 4. The lowest BCUT2D eigenvalue weighted by Crippen LogP contribution is -2.33. The first-order chi connectivity index (χ1) is 14.5. The van der Waals surface area contributed by atoms with Crippen molar-refractivity contribution in [2.24, 2.45) is 0 Å². The van der Waals surface area contributed by atoms with E-state index in [9.17, 15) is 0 Å². The van der Waals surface area contributed by atoms with E-state index >= 15 is 0 Å². The third-order valence-electron chi connectivity index (χ3n) is 6.10. The Hall–Kier alpha value is -1.40. The van der Waals surface area contributed by atoms with E-state index in [2.05, 4.69) is 142 Å². The quantitative estimate of drug-likeness (QED) is 0.174. The topological polar surface area (TPSA) is 12.0 Å². The SMILES string of the molecule is Brc1ccc2c(c1)C1(c3cc(Br)ccc3N2)c2cc(Br)ccc2-c2ccc(Br)cc21. The van der Waals surface area contributed by atoms with E-state index in [1.165, 1.54) is 33.4 Å². The van der Waals surface area contributed by atoms with Gasteiger partial charge in [0.25, 0.3) is 0 Å². The molecule has 4 aromatic carbocycles. The van der Waals surface area contributed by atoms with Crippen LogP contribution in [0.25, 0.3) is 11.1 Å². The first-order valence-electron chi connectivity index (χ1n) is 9.46. The van der Waals surface area contributed by atoms with E-state index in [1.54, 1.807) is 0 Å². The summed E-state index contributed by atoms with van der Waals surface area (Å²) in [5.74, 6) is 0. The molecule has 5 heteroatoms. The van der Waals surface area contributed by atoms with Crippen molar-refractivity contribution in [1.29, 1.82) is 0 Å². The fraction of sp³-hybridized carbons (Fsp3) is 0.0400. The Morgan fingerprint density at radius 1 is 0.467 bits per heavy atom. The van der Waals surface area contributed by atoms with E-state index in [-0.39, 0.29) is 0 Å². The van der Waals surface area contributed by atoms with Crippen molar-refractivity contribution in [3.8, 4) is 11.1 Å². The van der Waals surface area contributed by atoms with Crippen molar-refractivity contribution in [2.75, 3.05) is 5.32 Å². The number of rotatable bonds is 0. The van der Waals surface area contributed by atoms with E-state index in [1.807, 2.05) is 0 Å². The van der Waals surface area contributed by atoms with Gasteiger partial charge in [0.15, 0.2) is 0 Å². The molecule has 0 unspecified atom stereocenters. The molecule has 0 radical (unpaired) electrons. The van der Waals surface area contributed by atoms with Crippen molar-refractivity contribution < 1.29 is 0 Å². The number of nitrogens with one attached hydrogen (secondary N) is 1. The van der Waals surface area contributed by atoms with Crippen molar-refractivity contribution in [2.45, 2.75) is 5.41 Å². The first kappa shape index (κ1) is 19.3. The van der Waals surface area contributed by atoms with E-state index < -0.39 is 5.41 Å². The number of hydrogen-bond acceptors (Lipinski definition) is 1. The molecular weight excluding hydrogens is 634 g/mol. The zero-order chi connectivity index (χ0) is 20.6. The number of benzene rings is 4. The van der Waals surface area contributed by atoms with Gasteiger partial charge in [-0.05, 0) is 94.0 Å². The lowest BCUT2D eigenvalue weighted by atomic mass is 9.65. The third-order valence-corrected chi connectivity index (χ3v) is 8.08. The number of hydrogen-bond donors (Lipinski definition) is 1. The molecule has 1 heterocycles. The van der Waals surface area contributed by atoms with Gasteiger partial charge in [0.1, 0.15) is 0 Å². The highest BCUT2D eigenvalue weighted by Gasteiger charge is 2.50. The Labute approximate surface area is 208 Å². The largest absolute Gasteiger partial charge is 0.355 e. The van der Waals surface area contributed by atoms with E-state index in [4.69, 9.17) is 0 Å². The Balaban J connectivity index is 1.87. The molecule has 6 rings (SSSR count). The molecule has 4 aromatic rings. The molecule has 0 fully saturated rings. The van der Waals surface area contributed by atoms with Crippen LogP contribution in [0, 0.1) is 0 Å². The molecule has 0 amide bonds. The van der Waals surface area contributed by atoms with Gasteiger partial charge in [-0.1, -0.05) is 75.9 Å². The minimum absolute atomic E-state index is 0.415. The molecule has 1 spiro atoms. The van der Waals surface area contributed by atoms with Gasteiger partial charge >= 0.3 is 0 Å². The monoisotopic (exact) mass is 643 g/mol. The molecule has 1 N–H and O–H groups in total. The summed E-state index contributed by atoms with van der Waals surface area (Å²) < 4.78 is 4.31. The van der Waals surface area contributed by atoms with E-state index in [0.717, 1.165) is 29.3 Å². The predicted octanol–water partition coefficient (Wildman–Crippen LogP) is 9.16. The van der Waals surface area contributed by atoms with Gasteiger partial charge in [-0.15, -0.1) is 0 Å². The highest BCUT2D eigenvalue weighted by Crippen LogP contribution is 2.62. The van der Waals surface area contributed by atoms with Crippen LogP contribution in [-0.2, 0) is 5.41 Å². The Morgan fingerprint density at radius 3 is 1.27 bits per heavy atom. The van der Waals surface area contributed by atoms with Crippen LogP contribution >= 0.6 is 63.7 Å². The maximum atomic E-state index is 3.74. The van der Waals surface area contributed by atoms with Gasteiger partial charge in [0, 0.05) is 29.3 Å². The second kappa shape index (κ2) is 6.80. The molecule has 1 aliphatic carbocycles. The fourth-order valence-corrected chi connectivity index (χ4v) is 6.45. The second-order valence-electron chi connectivity index (χ2n) is 7.63. The minimum Gasteiger partial charge on any atom is -0.355 e. The minimum atomic E-state index is -0.415. The van der Waals surface area contributed by atoms with Crippen LogP contribution in [0.4, 0.5) is 11.4 Å². The van der Waals surface area contributed by atoms with Crippen molar-refractivity contribution >= 4 is 75.1 Å². The summed E-state index contributed by atoms with van der Waals surface area (Å²) in [6.45, 7) is 0. The molecule has 0 saturated heterocycles. The molecular formula is C25H13Br4N. The summed E-state index contributed by atoms with van der Waals surface area (Å²) in [6.07, 6.45) is 0. The van der Waals surface area contributed by atoms with Crippen LogP contribution in [0.1, 0.15) is 22.3 Å². The molecule has 1 nitrogen and oxygen atoms in total. The normalized spacial score (nSPS) is 14.5. The average molecular weight is 647 g/mol. The molecule has 0 bridgehead atoms. The second-order valence-corrected chi connectivity index (χ2v) is 11.3. The predicted molar refractivity (Wildman–Crippen MR) is 138 cm³/mol. The molecule has 0 aromatic heterocycles. The van der Waals surface area contributed by atoms with Crippen LogP contribution in [0.3, 0.4) is 0 Å². The Kier molecular flexibility index (Phi) is 4.37. The summed E-state index contributed by atoms with van der Waals surface area (Å²) in [4.78, 5) is 0. The molecule has 2 aliphatic rings. The Morgan fingerprint density at radius 2 is 0.833 bits per heavy atom. The summed E-state index contributed by atoms with van der Waals surface area (Å²) in [5.41, 5.74) is 9.49. The summed E-state index contributed by atoms with van der Waals surface area (Å²) >= 11 is 14.9. The molecule has 0 saturated carbocycles. The van der Waals surface area contributed by atoms with Gasteiger partial charge in [-0.2, -0.15) is 0 Å². The summed E-state index contributed by atoms with van der Waals surface area (Å²) in [5, 5.41) is 3.67. The smallest absolute Gasteiger partial charge is 0.0755 e. The van der Waals surface area contributed by atoms with Crippen molar-refractivity contribution in [3.05, 3.63) is 113 Å². The maximum Gasteiger partial charge on any atom is 0.0755 e. The van der Waals surface area contributed by atoms with Crippen LogP contribution < -0.4 is 5.32 Å². The first-order valence-corrected chi connectivity index (χ1v) is 12.6. The summed E-state index contributed by atoms with van der Waals surface area (Å²) in [6, 6.07) is 26.3. The maximum absolute atomic E-state index is 3.74. The highest BCUT2D eigenvalue weighted by atomic mass is 79.9. The van der Waals surface area contributed by atoms with Crippen LogP contribution in [-0.4, -0.2) is 0 Å². The number of fused-ring (bicyclic) bond motifs is 9. The fourth-order valence-electron chi connectivity index (χ4n) is 5.01. The molecule has 1 aliphatic heterocycles. The van der Waals surface area contributed by atoms with Crippen LogP contribution in [0.15, 0.2) is 90.7 Å². The van der Waals surface area contributed by atoms with Gasteiger partial charge < -0.3 is 5.32 Å². The van der Waals surface area contributed by atoms with Crippen LogP contribution in [0.5, 0.6) is 0 Å². The van der Waals surface area contributed by atoms with Gasteiger partial charge in [-0.25, -0.2) is 0 Å². The highest BCUT2D eigenvalue weighted by molar-refractivity contribution is 9.11.